The monoisotopic (exact) mass is 661 g/mol. The molecule has 42 heavy (non-hydrogen) atoms. The molecule has 2 amide bonds. The van der Waals surface area contributed by atoms with Crippen LogP contribution in [0.4, 0.5) is 10.1 Å². The number of ether oxygens (including phenoxy) is 1. The summed E-state index contributed by atoms with van der Waals surface area (Å²) in [5.74, 6) is -0.876. The Hall–Kier alpha value is -3.44. The predicted octanol–water partition coefficient (Wildman–Crippen LogP) is 5.82. The van der Waals surface area contributed by atoms with Gasteiger partial charge in [-0.1, -0.05) is 50.1 Å². The lowest BCUT2D eigenvalue weighted by molar-refractivity contribution is -0.140. The Morgan fingerprint density at radius 2 is 1.69 bits per heavy atom. The first-order valence-corrected chi connectivity index (χ1v) is 16.0. The summed E-state index contributed by atoms with van der Waals surface area (Å²) >= 11 is 3.35. The standard InChI is InChI=1S/C31H37BrFN3O5S/c1-5-7-18-34-31(38)28(6-2)35(20-23-10-12-24(33)13-11-23)30(37)21-36(25-14-8-22(3)9-15-25)42(39,40)26-16-17-29(41-4)27(32)19-26/h8-17,19,28H,5-7,18,20-21H2,1-4H3,(H,34,38). The van der Waals surface area contributed by atoms with Crippen molar-refractivity contribution in [2.75, 3.05) is 24.5 Å². The van der Waals surface area contributed by atoms with Crippen molar-refractivity contribution in [1.29, 1.82) is 0 Å². The van der Waals surface area contributed by atoms with Crippen LogP contribution in [0.3, 0.4) is 0 Å². The molecule has 0 saturated heterocycles. The minimum Gasteiger partial charge on any atom is -0.496 e. The van der Waals surface area contributed by atoms with Gasteiger partial charge < -0.3 is 15.0 Å². The van der Waals surface area contributed by atoms with E-state index in [1.807, 2.05) is 13.8 Å². The van der Waals surface area contributed by atoms with Crippen molar-refractivity contribution >= 4 is 43.5 Å². The number of unbranched alkanes of at least 4 members (excludes halogenated alkanes) is 1. The molecule has 0 saturated carbocycles. The van der Waals surface area contributed by atoms with Crippen LogP contribution in [0.2, 0.25) is 0 Å². The number of carbonyl (C=O) groups excluding carboxylic acids is 2. The van der Waals surface area contributed by atoms with Crippen molar-refractivity contribution in [3.63, 3.8) is 0 Å². The highest BCUT2D eigenvalue weighted by molar-refractivity contribution is 9.10. The van der Waals surface area contributed by atoms with Gasteiger partial charge >= 0.3 is 0 Å². The Morgan fingerprint density at radius 1 is 1.02 bits per heavy atom. The second-order valence-electron chi connectivity index (χ2n) is 9.86. The number of hydrogen-bond acceptors (Lipinski definition) is 5. The quantitative estimate of drug-likeness (QED) is 0.220. The lowest BCUT2D eigenvalue weighted by Gasteiger charge is -2.33. The minimum atomic E-state index is -4.24. The second kappa shape index (κ2) is 15.2. The first-order chi connectivity index (χ1) is 20.0. The summed E-state index contributed by atoms with van der Waals surface area (Å²) in [6.45, 7) is 5.57. The SMILES string of the molecule is CCCCNC(=O)C(CC)N(Cc1ccc(F)cc1)C(=O)CN(c1ccc(C)cc1)S(=O)(=O)c1ccc(OC)c(Br)c1. The highest BCUT2D eigenvalue weighted by Crippen LogP contribution is 2.31. The molecule has 0 fully saturated rings. The second-order valence-corrected chi connectivity index (χ2v) is 12.6. The van der Waals surface area contributed by atoms with Crippen LogP contribution in [0.5, 0.6) is 5.75 Å². The van der Waals surface area contributed by atoms with Crippen LogP contribution in [0, 0.1) is 12.7 Å². The zero-order valence-electron chi connectivity index (χ0n) is 24.3. The molecule has 3 aromatic carbocycles. The normalized spacial score (nSPS) is 12.0. The Balaban J connectivity index is 2.05. The molecule has 3 rings (SSSR count). The van der Waals surface area contributed by atoms with Crippen molar-refractivity contribution in [1.82, 2.24) is 10.2 Å². The summed E-state index contributed by atoms with van der Waals surface area (Å²) in [4.78, 5) is 28.6. The van der Waals surface area contributed by atoms with E-state index >= 15 is 0 Å². The Labute approximate surface area is 256 Å². The number of halogens is 2. The largest absolute Gasteiger partial charge is 0.496 e. The molecular formula is C31H37BrFN3O5S. The van der Waals surface area contributed by atoms with Gasteiger partial charge in [-0.15, -0.1) is 0 Å². The third kappa shape index (κ3) is 8.32. The van der Waals surface area contributed by atoms with E-state index in [0.717, 1.165) is 22.7 Å². The fourth-order valence-corrected chi connectivity index (χ4v) is 6.52. The number of nitrogens with one attached hydrogen (secondary N) is 1. The van der Waals surface area contributed by atoms with Crippen LogP contribution >= 0.6 is 15.9 Å². The molecular weight excluding hydrogens is 625 g/mol. The van der Waals surface area contributed by atoms with Crippen LogP contribution in [0.25, 0.3) is 0 Å². The Kier molecular flexibility index (Phi) is 11.9. The molecule has 1 unspecified atom stereocenters. The van der Waals surface area contributed by atoms with Crippen molar-refractivity contribution in [2.24, 2.45) is 0 Å². The van der Waals surface area contributed by atoms with Crippen molar-refractivity contribution in [3.8, 4) is 5.75 Å². The number of hydrogen-bond donors (Lipinski definition) is 1. The first kappa shape index (κ1) is 33.1. The molecule has 3 aromatic rings. The summed E-state index contributed by atoms with van der Waals surface area (Å²) < 4.78 is 48.5. The topological polar surface area (TPSA) is 96.0 Å². The van der Waals surface area contributed by atoms with Crippen LogP contribution in [0.15, 0.2) is 76.1 Å². The van der Waals surface area contributed by atoms with E-state index < -0.39 is 34.3 Å². The molecule has 226 valence electrons. The van der Waals surface area contributed by atoms with Crippen molar-refractivity contribution in [2.45, 2.75) is 57.5 Å². The average Bonchev–Trinajstić information content (AvgIpc) is 2.97. The lowest BCUT2D eigenvalue weighted by atomic mass is 10.1. The van der Waals surface area contributed by atoms with Gasteiger partial charge in [0.05, 0.1) is 22.2 Å². The van der Waals surface area contributed by atoms with Gasteiger partial charge in [0, 0.05) is 13.1 Å². The van der Waals surface area contributed by atoms with E-state index in [-0.39, 0.29) is 17.3 Å². The van der Waals surface area contributed by atoms with Crippen LogP contribution < -0.4 is 14.4 Å². The molecule has 0 aliphatic heterocycles. The van der Waals surface area contributed by atoms with Gasteiger partial charge in [-0.3, -0.25) is 13.9 Å². The fourth-order valence-electron chi connectivity index (χ4n) is 4.39. The summed E-state index contributed by atoms with van der Waals surface area (Å²) in [6.07, 6.45) is 1.97. The average molecular weight is 663 g/mol. The van der Waals surface area contributed by atoms with Crippen LogP contribution in [0.1, 0.15) is 44.2 Å². The zero-order valence-corrected chi connectivity index (χ0v) is 26.7. The molecule has 8 nitrogen and oxygen atoms in total. The van der Waals surface area contributed by atoms with E-state index in [1.54, 1.807) is 43.3 Å². The summed E-state index contributed by atoms with van der Waals surface area (Å²) in [7, 11) is -2.77. The molecule has 0 aliphatic carbocycles. The number of methoxy groups -OCH3 is 1. The Bertz CT molecular complexity index is 1470. The molecule has 11 heteroatoms. The number of anilines is 1. The fraction of sp³-hybridized carbons (Fsp3) is 0.355. The number of carbonyl (C=O) groups is 2. The number of benzene rings is 3. The summed E-state index contributed by atoms with van der Waals surface area (Å²) in [5.41, 5.74) is 1.82. The molecule has 0 spiro atoms. The molecule has 1 atom stereocenters. The van der Waals surface area contributed by atoms with E-state index in [1.165, 1.54) is 42.3 Å². The van der Waals surface area contributed by atoms with Gasteiger partial charge in [-0.2, -0.15) is 0 Å². The summed E-state index contributed by atoms with van der Waals surface area (Å²) in [6, 6.07) is 15.9. The number of sulfonamides is 1. The third-order valence-electron chi connectivity index (χ3n) is 6.79. The molecule has 0 radical (unpaired) electrons. The molecule has 0 heterocycles. The predicted molar refractivity (Wildman–Crippen MR) is 165 cm³/mol. The van der Waals surface area contributed by atoms with Crippen molar-refractivity contribution < 1.29 is 27.1 Å². The van der Waals surface area contributed by atoms with Gasteiger partial charge in [0.25, 0.3) is 10.0 Å². The van der Waals surface area contributed by atoms with Gasteiger partial charge in [0.2, 0.25) is 11.8 Å². The van der Waals surface area contributed by atoms with Gasteiger partial charge in [-0.05, 0) is 83.7 Å². The van der Waals surface area contributed by atoms with Crippen LogP contribution in [-0.2, 0) is 26.2 Å². The van der Waals surface area contributed by atoms with E-state index in [4.69, 9.17) is 4.74 Å². The molecule has 1 N–H and O–H groups in total. The first-order valence-electron chi connectivity index (χ1n) is 13.8. The lowest BCUT2D eigenvalue weighted by Crippen LogP contribution is -2.52. The maximum absolute atomic E-state index is 14.1. The highest BCUT2D eigenvalue weighted by atomic mass is 79.9. The maximum atomic E-state index is 14.1. The number of rotatable bonds is 14. The zero-order chi connectivity index (χ0) is 30.9. The van der Waals surface area contributed by atoms with Gasteiger partial charge in [0.15, 0.2) is 0 Å². The maximum Gasteiger partial charge on any atom is 0.264 e. The van der Waals surface area contributed by atoms with Crippen LogP contribution in [-0.4, -0.2) is 51.4 Å². The van der Waals surface area contributed by atoms with E-state index in [9.17, 15) is 22.4 Å². The number of aryl methyl sites for hydroxylation is 1. The highest BCUT2D eigenvalue weighted by Gasteiger charge is 2.34. The van der Waals surface area contributed by atoms with Gasteiger partial charge in [0.1, 0.15) is 24.2 Å². The minimum absolute atomic E-state index is 0.00527. The summed E-state index contributed by atoms with van der Waals surface area (Å²) in [5, 5.41) is 2.89. The van der Waals surface area contributed by atoms with Gasteiger partial charge in [-0.25, -0.2) is 12.8 Å². The van der Waals surface area contributed by atoms with E-state index in [2.05, 4.69) is 21.2 Å². The molecule has 0 aliphatic rings. The smallest absolute Gasteiger partial charge is 0.264 e. The molecule has 0 aromatic heterocycles. The number of amides is 2. The number of nitrogens with zero attached hydrogens (tertiary/aromatic N) is 2. The van der Waals surface area contributed by atoms with Crippen molar-refractivity contribution in [3.05, 3.63) is 88.1 Å². The molecule has 0 bridgehead atoms. The third-order valence-corrected chi connectivity index (χ3v) is 9.18. The van der Waals surface area contributed by atoms with E-state index in [0.29, 0.717) is 34.4 Å². The Morgan fingerprint density at radius 3 is 2.26 bits per heavy atom.